The molecule has 0 saturated carbocycles. The van der Waals surface area contributed by atoms with Crippen LogP contribution in [0.5, 0.6) is 11.5 Å². The zero-order valence-electron chi connectivity index (χ0n) is 19.3. The van der Waals surface area contributed by atoms with Gasteiger partial charge in [-0.25, -0.2) is 14.6 Å². The third-order valence-corrected chi connectivity index (χ3v) is 6.20. The Morgan fingerprint density at radius 1 is 1.09 bits per heavy atom. The van der Waals surface area contributed by atoms with Crippen molar-refractivity contribution in [3.05, 3.63) is 65.9 Å². The summed E-state index contributed by atoms with van der Waals surface area (Å²) in [5.41, 5.74) is 2.48. The van der Waals surface area contributed by atoms with E-state index in [1.54, 1.807) is 6.20 Å². The number of rotatable bonds is 7. The lowest BCUT2D eigenvalue weighted by Gasteiger charge is -2.27. The Morgan fingerprint density at radius 2 is 1.76 bits per heavy atom. The predicted molar refractivity (Wildman–Crippen MR) is 134 cm³/mol. The van der Waals surface area contributed by atoms with Crippen molar-refractivity contribution in [2.45, 2.75) is 37.5 Å². The fourth-order valence-electron chi connectivity index (χ4n) is 4.15. The van der Waals surface area contributed by atoms with E-state index in [1.165, 1.54) is 11.8 Å². The minimum Gasteiger partial charge on any atom is -0.457 e. The fourth-order valence-corrected chi connectivity index (χ4v) is 4.51. The Kier molecular flexibility index (Phi) is 6.10. The van der Waals surface area contributed by atoms with Crippen LogP contribution in [0.4, 0.5) is 5.82 Å². The van der Waals surface area contributed by atoms with Crippen LogP contribution >= 0.6 is 11.8 Å². The van der Waals surface area contributed by atoms with Crippen molar-refractivity contribution in [1.29, 1.82) is 0 Å². The number of fused-ring (bicyclic) bond motifs is 3. The molecule has 2 N–H and O–H groups in total. The van der Waals surface area contributed by atoms with Gasteiger partial charge in [-0.15, -0.1) is 0 Å². The van der Waals surface area contributed by atoms with Gasteiger partial charge in [0.15, 0.2) is 10.8 Å². The normalized spacial score (nSPS) is 12.8. The molecule has 9 heteroatoms. The van der Waals surface area contributed by atoms with Gasteiger partial charge in [0.1, 0.15) is 17.3 Å². The molecule has 2 aromatic carbocycles. The van der Waals surface area contributed by atoms with Crippen molar-refractivity contribution >= 4 is 34.5 Å². The first-order valence-corrected chi connectivity index (χ1v) is 12.4. The largest absolute Gasteiger partial charge is 0.457 e. The van der Waals surface area contributed by atoms with E-state index in [2.05, 4.69) is 39.5 Å². The molecule has 1 aliphatic heterocycles. The molecule has 0 spiro atoms. The van der Waals surface area contributed by atoms with Crippen LogP contribution < -0.4 is 15.4 Å². The third kappa shape index (κ3) is 4.19. The monoisotopic (exact) mass is 474 g/mol. The van der Waals surface area contributed by atoms with Gasteiger partial charge in [0.05, 0.1) is 24.0 Å². The van der Waals surface area contributed by atoms with Crippen molar-refractivity contribution in [3.63, 3.8) is 0 Å². The van der Waals surface area contributed by atoms with E-state index in [0.717, 1.165) is 28.0 Å². The number of anilines is 1. The maximum absolute atomic E-state index is 13.4. The molecule has 0 unspecified atom stereocenters. The molecule has 0 atom stereocenters. The van der Waals surface area contributed by atoms with Gasteiger partial charge in [-0.1, -0.05) is 48.2 Å². The van der Waals surface area contributed by atoms with E-state index in [4.69, 9.17) is 4.74 Å². The van der Waals surface area contributed by atoms with Crippen molar-refractivity contribution in [2.75, 3.05) is 18.1 Å². The number of carbonyl (C=O) groups excluding carboxylic acids is 1. The Bertz CT molecular complexity index is 1310. The molecule has 4 aromatic rings. The second-order valence-electron chi connectivity index (χ2n) is 8.36. The smallest absolute Gasteiger partial charge is 0.232 e. The summed E-state index contributed by atoms with van der Waals surface area (Å²) in [5.74, 6) is 1.70. The highest BCUT2D eigenvalue weighted by Gasteiger charge is 2.32. The first kappa shape index (κ1) is 22.2. The van der Waals surface area contributed by atoms with E-state index in [1.807, 2.05) is 59.5 Å². The molecule has 0 aliphatic carbocycles. The molecule has 34 heavy (non-hydrogen) atoms. The SMILES string of the molecule is CSc1nc(NC(C)C)c2cnn(CCNC(=O)C3c4ccccc4Oc4ccccc43)c2n1. The minimum absolute atomic E-state index is 0.0683. The average molecular weight is 475 g/mol. The number of amides is 1. The van der Waals surface area contributed by atoms with Gasteiger partial charge in [0.2, 0.25) is 5.91 Å². The number of aromatic nitrogens is 4. The van der Waals surface area contributed by atoms with Gasteiger partial charge < -0.3 is 15.4 Å². The lowest BCUT2D eigenvalue weighted by Crippen LogP contribution is -2.33. The molecule has 8 nitrogen and oxygen atoms in total. The van der Waals surface area contributed by atoms with Crippen LogP contribution in [0.15, 0.2) is 59.9 Å². The molecular formula is C25H26N6O2S. The van der Waals surface area contributed by atoms with Crippen LogP contribution in [0.3, 0.4) is 0 Å². The van der Waals surface area contributed by atoms with E-state index in [0.29, 0.717) is 29.7 Å². The maximum atomic E-state index is 13.4. The van der Waals surface area contributed by atoms with Crippen LogP contribution in [0.2, 0.25) is 0 Å². The van der Waals surface area contributed by atoms with Crippen LogP contribution in [0.1, 0.15) is 30.9 Å². The molecule has 174 valence electrons. The second kappa shape index (κ2) is 9.34. The Morgan fingerprint density at radius 3 is 2.41 bits per heavy atom. The molecule has 0 bridgehead atoms. The van der Waals surface area contributed by atoms with Crippen molar-refractivity contribution in [1.82, 2.24) is 25.1 Å². The van der Waals surface area contributed by atoms with Gasteiger partial charge in [-0.05, 0) is 32.2 Å². The van der Waals surface area contributed by atoms with E-state index < -0.39 is 5.92 Å². The highest BCUT2D eigenvalue weighted by Crippen LogP contribution is 2.43. The first-order chi connectivity index (χ1) is 16.5. The highest BCUT2D eigenvalue weighted by atomic mass is 32.2. The lowest BCUT2D eigenvalue weighted by molar-refractivity contribution is -0.121. The van der Waals surface area contributed by atoms with Crippen LogP contribution in [-0.4, -0.2) is 44.5 Å². The van der Waals surface area contributed by atoms with Gasteiger partial charge in [-0.2, -0.15) is 5.10 Å². The van der Waals surface area contributed by atoms with Crippen molar-refractivity contribution < 1.29 is 9.53 Å². The zero-order chi connectivity index (χ0) is 23.7. The number of hydrogen-bond donors (Lipinski definition) is 2. The molecule has 2 aromatic heterocycles. The summed E-state index contributed by atoms with van der Waals surface area (Å²) in [6, 6.07) is 15.6. The number of thioether (sulfide) groups is 1. The molecule has 1 amide bonds. The number of benzene rings is 2. The molecule has 1 aliphatic rings. The summed E-state index contributed by atoms with van der Waals surface area (Å²) in [6.07, 6.45) is 3.72. The molecule has 0 saturated heterocycles. The van der Waals surface area contributed by atoms with Crippen molar-refractivity contribution in [3.8, 4) is 11.5 Å². The number of nitrogens with one attached hydrogen (secondary N) is 2. The van der Waals surface area contributed by atoms with Crippen LogP contribution in [0, 0.1) is 0 Å². The summed E-state index contributed by atoms with van der Waals surface area (Å²) in [7, 11) is 0. The third-order valence-electron chi connectivity index (χ3n) is 5.65. The van der Waals surface area contributed by atoms with E-state index in [9.17, 15) is 4.79 Å². The van der Waals surface area contributed by atoms with Gasteiger partial charge >= 0.3 is 0 Å². The summed E-state index contributed by atoms with van der Waals surface area (Å²) in [5, 5.41) is 12.5. The molecule has 5 rings (SSSR count). The van der Waals surface area contributed by atoms with Gasteiger partial charge in [0.25, 0.3) is 0 Å². The van der Waals surface area contributed by atoms with E-state index >= 15 is 0 Å². The summed E-state index contributed by atoms with van der Waals surface area (Å²) >= 11 is 1.49. The quantitative estimate of drug-likeness (QED) is 0.302. The molecule has 0 radical (unpaired) electrons. The fraction of sp³-hybridized carbons (Fsp3) is 0.280. The van der Waals surface area contributed by atoms with E-state index in [-0.39, 0.29) is 11.9 Å². The first-order valence-electron chi connectivity index (χ1n) is 11.2. The number of hydrogen-bond acceptors (Lipinski definition) is 7. The van der Waals surface area contributed by atoms with Gasteiger partial charge in [-0.3, -0.25) is 4.79 Å². The van der Waals surface area contributed by atoms with Crippen LogP contribution in [-0.2, 0) is 11.3 Å². The number of nitrogens with zero attached hydrogens (tertiary/aromatic N) is 4. The topological polar surface area (TPSA) is 94.0 Å². The Balaban J connectivity index is 1.36. The Hall–Kier alpha value is -3.59. The van der Waals surface area contributed by atoms with Crippen molar-refractivity contribution in [2.24, 2.45) is 0 Å². The number of para-hydroxylation sites is 2. The minimum atomic E-state index is -0.428. The highest BCUT2D eigenvalue weighted by molar-refractivity contribution is 7.98. The maximum Gasteiger partial charge on any atom is 0.232 e. The van der Waals surface area contributed by atoms with Gasteiger partial charge in [0, 0.05) is 23.7 Å². The lowest BCUT2D eigenvalue weighted by atomic mass is 9.87. The zero-order valence-corrected chi connectivity index (χ0v) is 20.1. The second-order valence-corrected chi connectivity index (χ2v) is 9.14. The molecular weight excluding hydrogens is 448 g/mol. The number of carbonyl (C=O) groups is 1. The predicted octanol–water partition coefficient (Wildman–Crippen LogP) is 4.42. The standard InChI is InChI=1S/C25H26N6O2S/c1-15(2)28-22-18-14-27-31(23(18)30-25(29-22)34-3)13-12-26-24(32)21-16-8-4-6-10-19(16)33-20-11-7-5-9-17(20)21/h4-11,14-15,21H,12-13H2,1-3H3,(H,26,32)(H,28,29,30). The number of ether oxygens (including phenoxy) is 1. The Labute approximate surface area is 202 Å². The molecule has 3 heterocycles. The average Bonchev–Trinajstić information content (AvgIpc) is 3.25. The van der Waals surface area contributed by atoms with Crippen LogP contribution in [0.25, 0.3) is 11.0 Å². The summed E-state index contributed by atoms with van der Waals surface area (Å²) < 4.78 is 7.83. The molecule has 0 fully saturated rings. The summed E-state index contributed by atoms with van der Waals surface area (Å²) in [4.78, 5) is 22.6. The summed E-state index contributed by atoms with van der Waals surface area (Å²) in [6.45, 7) is 5.05.